The van der Waals surface area contributed by atoms with E-state index in [0.717, 1.165) is 6.54 Å². The second kappa shape index (κ2) is 4.80. The highest BCUT2D eigenvalue weighted by Crippen LogP contribution is 2.02. The Kier molecular flexibility index (Phi) is 3.98. The normalized spacial score (nSPS) is 24.2. The van der Waals surface area contributed by atoms with Crippen molar-refractivity contribution in [2.24, 2.45) is 11.7 Å². The zero-order valence-corrected chi connectivity index (χ0v) is 8.29. The minimum Gasteiger partial charge on any atom is -0.330 e. The van der Waals surface area contributed by atoms with E-state index in [2.05, 4.69) is 23.8 Å². The maximum Gasteiger partial charge on any atom is 0.0110 e. The monoisotopic (exact) mass is 171 g/mol. The van der Waals surface area contributed by atoms with E-state index < -0.39 is 0 Å². The molecule has 0 bridgehead atoms. The van der Waals surface area contributed by atoms with Gasteiger partial charge in [-0.1, -0.05) is 6.92 Å². The molecule has 72 valence electrons. The fourth-order valence-corrected chi connectivity index (χ4v) is 1.55. The van der Waals surface area contributed by atoms with E-state index in [0.29, 0.717) is 5.92 Å². The molecule has 2 N–H and O–H groups in total. The predicted molar refractivity (Wildman–Crippen MR) is 52.2 cm³/mol. The molecule has 0 amide bonds. The first-order valence-electron chi connectivity index (χ1n) is 4.83. The molecule has 1 fully saturated rings. The van der Waals surface area contributed by atoms with Gasteiger partial charge < -0.3 is 15.5 Å². The zero-order valence-electron chi connectivity index (χ0n) is 8.29. The molecule has 1 saturated heterocycles. The first-order chi connectivity index (χ1) is 5.72. The van der Waals surface area contributed by atoms with E-state index in [-0.39, 0.29) is 0 Å². The minimum absolute atomic E-state index is 0.647. The Bertz CT molecular complexity index is 119. The van der Waals surface area contributed by atoms with Crippen molar-refractivity contribution >= 4 is 0 Å². The lowest BCUT2D eigenvalue weighted by molar-refractivity contribution is 0.140. The van der Waals surface area contributed by atoms with Crippen LogP contribution in [-0.2, 0) is 0 Å². The summed E-state index contributed by atoms with van der Waals surface area (Å²) in [7, 11) is 2.18. The first kappa shape index (κ1) is 9.96. The Morgan fingerprint density at radius 3 is 2.33 bits per heavy atom. The van der Waals surface area contributed by atoms with Gasteiger partial charge in [0.1, 0.15) is 0 Å². The average Bonchev–Trinajstić information content (AvgIpc) is 2.09. The Balaban J connectivity index is 2.17. The summed E-state index contributed by atoms with van der Waals surface area (Å²) in [6.07, 6.45) is 0. The molecule has 3 nitrogen and oxygen atoms in total. The SMILES string of the molecule is C[C@H](CN)CN1CCN(C)CC1. The van der Waals surface area contributed by atoms with E-state index >= 15 is 0 Å². The van der Waals surface area contributed by atoms with Gasteiger partial charge in [0.15, 0.2) is 0 Å². The fraction of sp³-hybridized carbons (Fsp3) is 1.00. The quantitative estimate of drug-likeness (QED) is 0.640. The summed E-state index contributed by atoms with van der Waals surface area (Å²) < 4.78 is 0. The summed E-state index contributed by atoms with van der Waals surface area (Å²) >= 11 is 0. The Labute approximate surface area is 75.5 Å². The van der Waals surface area contributed by atoms with Crippen LogP contribution in [0.1, 0.15) is 6.92 Å². The van der Waals surface area contributed by atoms with Crippen LogP contribution >= 0.6 is 0 Å². The summed E-state index contributed by atoms with van der Waals surface area (Å²) in [4.78, 5) is 4.89. The van der Waals surface area contributed by atoms with Gasteiger partial charge in [0, 0.05) is 32.7 Å². The maximum absolute atomic E-state index is 5.58. The van der Waals surface area contributed by atoms with Gasteiger partial charge in [0.25, 0.3) is 0 Å². The van der Waals surface area contributed by atoms with Gasteiger partial charge >= 0.3 is 0 Å². The van der Waals surface area contributed by atoms with Crippen LogP contribution in [0.2, 0.25) is 0 Å². The summed E-state index contributed by atoms with van der Waals surface area (Å²) in [6, 6.07) is 0. The zero-order chi connectivity index (χ0) is 8.97. The van der Waals surface area contributed by atoms with Crippen LogP contribution in [0.5, 0.6) is 0 Å². The third kappa shape index (κ3) is 3.09. The number of likely N-dealkylation sites (N-methyl/N-ethyl adjacent to an activating group) is 1. The summed E-state index contributed by atoms with van der Waals surface area (Å²) in [5.74, 6) is 0.647. The second-order valence-electron chi connectivity index (χ2n) is 3.94. The highest BCUT2D eigenvalue weighted by atomic mass is 15.2. The molecule has 1 atom stereocenters. The highest BCUT2D eigenvalue weighted by molar-refractivity contribution is 4.71. The highest BCUT2D eigenvalue weighted by Gasteiger charge is 2.14. The molecule has 12 heavy (non-hydrogen) atoms. The topological polar surface area (TPSA) is 32.5 Å². The molecule has 0 saturated carbocycles. The summed E-state index contributed by atoms with van der Waals surface area (Å²) in [5.41, 5.74) is 5.58. The van der Waals surface area contributed by atoms with Crippen LogP contribution in [0, 0.1) is 5.92 Å². The lowest BCUT2D eigenvalue weighted by Crippen LogP contribution is -2.46. The third-order valence-electron chi connectivity index (χ3n) is 2.57. The lowest BCUT2D eigenvalue weighted by atomic mass is 10.1. The molecule has 1 aliphatic heterocycles. The Hall–Kier alpha value is -0.120. The molecule has 0 aliphatic carbocycles. The van der Waals surface area contributed by atoms with Crippen molar-refractivity contribution in [2.45, 2.75) is 6.92 Å². The van der Waals surface area contributed by atoms with Crippen molar-refractivity contribution in [1.29, 1.82) is 0 Å². The number of rotatable bonds is 3. The predicted octanol–water partition coefficient (Wildman–Crippen LogP) is -0.171. The summed E-state index contributed by atoms with van der Waals surface area (Å²) in [6.45, 7) is 9.03. The van der Waals surface area contributed by atoms with Crippen LogP contribution in [-0.4, -0.2) is 56.1 Å². The number of piperazine rings is 1. The second-order valence-corrected chi connectivity index (χ2v) is 3.94. The van der Waals surface area contributed by atoms with Gasteiger partial charge in [-0.3, -0.25) is 0 Å². The average molecular weight is 171 g/mol. The van der Waals surface area contributed by atoms with Crippen molar-refractivity contribution in [3.05, 3.63) is 0 Å². The van der Waals surface area contributed by atoms with Gasteiger partial charge in [-0.05, 0) is 19.5 Å². The standard InChI is InChI=1S/C9H21N3/c1-9(7-10)8-12-5-3-11(2)4-6-12/h9H,3-8,10H2,1-2H3/t9-/m1/s1. The van der Waals surface area contributed by atoms with Crippen LogP contribution in [0.3, 0.4) is 0 Å². The molecule has 0 spiro atoms. The molecular formula is C9H21N3. The van der Waals surface area contributed by atoms with Gasteiger partial charge in [-0.25, -0.2) is 0 Å². The molecular weight excluding hydrogens is 150 g/mol. The summed E-state index contributed by atoms with van der Waals surface area (Å²) in [5, 5.41) is 0. The fourth-order valence-electron chi connectivity index (χ4n) is 1.55. The molecule has 0 aromatic carbocycles. The van der Waals surface area contributed by atoms with Crippen LogP contribution in [0.4, 0.5) is 0 Å². The smallest absolute Gasteiger partial charge is 0.0110 e. The molecule has 1 rings (SSSR count). The number of hydrogen-bond acceptors (Lipinski definition) is 3. The lowest BCUT2D eigenvalue weighted by Gasteiger charge is -2.33. The van der Waals surface area contributed by atoms with Crippen molar-refractivity contribution in [3.8, 4) is 0 Å². The Morgan fingerprint density at radius 1 is 1.25 bits per heavy atom. The van der Waals surface area contributed by atoms with Gasteiger partial charge in [-0.2, -0.15) is 0 Å². The van der Waals surface area contributed by atoms with Gasteiger partial charge in [0.05, 0.1) is 0 Å². The number of hydrogen-bond donors (Lipinski definition) is 1. The number of nitrogens with two attached hydrogens (primary N) is 1. The van der Waals surface area contributed by atoms with Gasteiger partial charge in [0.2, 0.25) is 0 Å². The third-order valence-corrected chi connectivity index (χ3v) is 2.57. The van der Waals surface area contributed by atoms with Crippen LogP contribution < -0.4 is 5.73 Å². The molecule has 0 radical (unpaired) electrons. The van der Waals surface area contributed by atoms with E-state index in [9.17, 15) is 0 Å². The molecule has 0 unspecified atom stereocenters. The van der Waals surface area contributed by atoms with Crippen LogP contribution in [0.15, 0.2) is 0 Å². The van der Waals surface area contributed by atoms with E-state index in [1.54, 1.807) is 0 Å². The van der Waals surface area contributed by atoms with Crippen molar-refractivity contribution in [3.63, 3.8) is 0 Å². The first-order valence-corrected chi connectivity index (χ1v) is 4.83. The molecule has 3 heteroatoms. The van der Waals surface area contributed by atoms with Crippen molar-refractivity contribution < 1.29 is 0 Å². The molecule has 0 aromatic heterocycles. The van der Waals surface area contributed by atoms with Gasteiger partial charge in [-0.15, -0.1) is 0 Å². The molecule has 0 aromatic rings. The Morgan fingerprint density at radius 2 is 1.83 bits per heavy atom. The maximum atomic E-state index is 5.58. The van der Waals surface area contributed by atoms with E-state index in [4.69, 9.17) is 5.73 Å². The molecule has 1 heterocycles. The largest absolute Gasteiger partial charge is 0.330 e. The van der Waals surface area contributed by atoms with Crippen LogP contribution in [0.25, 0.3) is 0 Å². The minimum atomic E-state index is 0.647. The van der Waals surface area contributed by atoms with Crippen molar-refractivity contribution in [1.82, 2.24) is 9.80 Å². The van der Waals surface area contributed by atoms with Crippen molar-refractivity contribution in [2.75, 3.05) is 46.3 Å². The van der Waals surface area contributed by atoms with E-state index in [1.807, 2.05) is 0 Å². The van der Waals surface area contributed by atoms with E-state index in [1.165, 1.54) is 32.7 Å². The number of nitrogens with zero attached hydrogens (tertiary/aromatic N) is 2. The molecule has 1 aliphatic rings.